The summed E-state index contributed by atoms with van der Waals surface area (Å²) in [7, 11) is 0. The number of aryl methyl sites for hydroxylation is 1. The molecule has 1 aromatic heterocycles. The Morgan fingerprint density at radius 1 is 1.47 bits per heavy atom. The van der Waals surface area contributed by atoms with E-state index in [9.17, 15) is 9.59 Å². The highest BCUT2D eigenvalue weighted by Gasteiger charge is 2.18. The monoisotopic (exact) mass is 237 g/mol. The third kappa shape index (κ3) is 3.44. The molecule has 0 amide bonds. The van der Waals surface area contributed by atoms with Crippen LogP contribution in [0.3, 0.4) is 0 Å². The van der Waals surface area contributed by atoms with E-state index in [1.807, 2.05) is 6.92 Å². The van der Waals surface area contributed by atoms with E-state index in [-0.39, 0.29) is 11.5 Å². The Labute approximate surface area is 101 Å². The van der Waals surface area contributed by atoms with Gasteiger partial charge in [-0.15, -0.1) is 0 Å². The summed E-state index contributed by atoms with van der Waals surface area (Å²) in [6, 6.07) is 4.36. The SMILES string of the molecule is CCCCOC(=O)C(C)n1c(C)cccc1=O. The maximum absolute atomic E-state index is 11.7. The Hall–Kier alpha value is -1.58. The number of carbonyl (C=O) groups is 1. The third-order valence-electron chi connectivity index (χ3n) is 2.66. The zero-order chi connectivity index (χ0) is 12.8. The number of aromatic nitrogens is 1. The molecule has 1 unspecified atom stereocenters. The Balaban J connectivity index is 2.78. The average molecular weight is 237 g/mol. The lowest BCUT2D eigenvalue weighted by Crippen LogP contribution is -2.30. The predicted octanol–water partition coefficient (Wildman–Crippen LogP) is 2.06. The summed E-state index contributed by atoms with van der Waals surface area (Å²) in [6.45, 7) is 5.93. The summed E-state index contributed by atoms with van der Waals surface area (Å²) in [4.78, 5) is 23.4. The minimum absolute atomic E-state index is 0.176. The van der Waals surface area contributed by atoms with Gasteiger partial charge in [0.1, 0.15) is 6.04 Å². The van der Waals surface area contributed by atoms with Gasteiger partial charge in [0.2, 0.25) is 0 Å². The van der Waals surface area contributed by atoms with E-state index in [1.165, 1.54) is 10.6 Å². The van der Waals surface area contributed by atoms with Crippen molar-refractivity contribution in [2.24, 2.45) is 0 Å². The third-order valence-corrected chi connectivity index (χ3v) is 2.66. The molecular weight excluding hydrogens is 218 g/mol. The quantitative estimate of drug-likeness (QED) is 0.581. The lowest BCUT2D eigenvalue weighted by Gasteiger charge is -2.16. The number of hydrogen-bond acceptors (Lipinski definition) is 3. The van der Waals surface area contributed by atoms with E-state index >= 15 is 0 Å². The molecule has 0 radical (unpaired) electrons. The first-order valence-corrected chi connectivity index (χ1v) is 5.92. The molecule has 0 bridgehead atoms. The standard InChI is InChI=1S/C13H19NO3/c1-4-5-9-17-13(16)11(3)14-10(2)7-6-8-12(14)15/h6-8,11H,4-5,9H2,1-3H3. The van der Waals surface area contributed by atoms with E-state index in [1.54, 1.807) is 26.0 Å². The van der Waals surface area contributed by atoms with Crippen molar-refractivity contribution >= 4 is 5.97 Å². The summed E-state index contributed by atoms with van der Waals surface area (Å²) in [6.07, 6.45) is 1.83. The second kappa shape index (κ2) is 6.23. The fourth-order valence-corrected chi connectivity index (χ4v) is 1.64. The van der Waals surface area contributed by atoms with Crippen LogP contribution in [0.4, 0.5) is 0 Å². The van der Waals surface area contributed by atoms with Crippen LogP contribution in [0, 0.1) is 6.92 Å². The lowest BCUT2D eigenvalue weighted by molar-refractivity contribution is -0.147. The Bertz CT molecular complexity index is 437. The van der Waals surface area contributed by atoms with Crippen LogP contribution < -0.4 is 5.56 Å². The highest BCUT2D eigenvalue weighted by atomic mass is 16.5. The Morgan fingerprint density at radius 3 is 2.76 bits per heavy atom. The first-order valence-electron chi connectivity index (χ1n) is 5.92. The number of ether oxygens (including phenoxy) is 1. The van der Waals surface area contributed by atoms with Gasteiger partial charge in [0.25, 0.3) is 5.56 Å². The molecule has 4 heteroatoms. The second-order valence-corrected chi connectivity index (χ2v) is 4.07. The van der Waals surface area contributed by atoms with Gasteiger partial charge in [-0.25, -0.2) is 4.79 Å². The van der Waals surface area contributed by atoms with Gasteiger partial charge >= 0.3 is 5.97 Å². The number of carbonyl (C=O) groups excluding carboxylic acids is 1. The molecule has 17 heavy (non-hydrogen) atoms. The van der Waals surface area contributed by atoms with Crippen molar-refractivity contribution in [2.75, 3.05) is 6.61 Å². The van der Waals surface area contributed by atoms with Gasteiger partial charge in [0.05, 0.1) is 6.61 Å². The largest absolute Gasteiger partial charge is 0.464 e. The van der Waals surface area contributed by atoms with Crippen molar-refractivity contribution in [3.63, 3.8) is 0 Å². The van der Waals surface area contributed by atoms with Crippen molar-refractivity contribution in [2.45, 2.75) is 39.7 Å². The minimum Gasteiger partial charge on any atom is -0.464 e. The molecule has 0 spiro atoms. The van der Waals surface area contributed by atoms with Crippen molar-refractivity contribution in [1.29, 1.82) is 0 Å². The Kier molecular flexibility index (Phi) is 4.94. The maximum atomic E-state index is 11.7. The molecule has 94 valence electrons. The van der Waals surface area contributed by atoms with E-state index in [2.05, 4.69) is 0 Å². The minimum atomic E-state index is -0.569. The van der Waals surface area contributed by atoms with Gasteiger partial charge in [-0.1, -0.05) is 19.4 Å². The van der Waals surface area contributed by atoms with E-state index < -0.39 is 6.04 Å². The van der Waals surface area contributed by atoms with E-state index in [4.69, 9.17) is 4.74 Å². The molecule has 0 N–H and O–H groups in total. The molecule has 0 saturated heterocycles. The first kappa shape index (κ1) is 13.5. The van der Waals surface area contributed by atoms with Crippen LogP contribution in [0.25, 0.3) is 0 Å². The Morgan fingerprint density at radius 2 is 2.18 bits per heavy atom. The fraction of sp³-hybridized carbons (Fsp3) is 0.538. The van der Waals surface area contributed by atoms with Crippen molar-refractivity contribution in [3.8, 4) is 0 Å². The first-order chi connectivity index (χ1) is 8.07. The van der Waals surface area contributed by atoms with Gasteiger partial charge < -0.3 is 4.74 Å². The highest BCUT2D eigenvalue weighted by molar-refractivity contribution is 5.73. The van der Waals surface area contributed by atoms with Gasteiger partial charge in [-0.3, -0.25) is 9.36 Å². The zero-order valence-corrected chi connectivity index (χ0v) is 10.6. The van der Waals surface area contributed by atoms with Crippen molar-refractivity contribution < 1.29 is 9.53 Å². The second-order valence-electron chi connectivity index (χ2n) is 4.07. The van der Waals surface area contributed by atoms with Crippen LogP contribution in [-0.4, -0.2) is 17.1 Å². The molecule has 4 nitrogen and oxygen atoms in total. The topological polar surface area (TPSA) is 48.3 Å². The molecule has 1 aromatic rings. The number of esters is 1. The number of pyridine rings is 1. The zero-order valence-electron chi connectivity index (χ0n) is 10.6. The predicted molar refractivity (Wildman–Crippen MR) is 66.0 cm³/mol. The molecule has 0 aliphatic rings. The number of hydrogen-bond donors (Lipinski definition) is 0. The van der Waals surface area contributed by atoms with Gasteiger partial charge in [0.15, 0.2) is 0 Å². The number of unbranched alkanes of at least 4 members (excludes halogenated alkanes) is 1. The summed E-state index contributed by atoms with van der Waals surface area (Å²) >= 11 is 0. The van der Waals surface area contributed by atoms with Gasteiger partial charge in [-0.05, 0) is 26.3 Å². The van der Waals surface area contributed by atoms with E-state index in [0.29, 0.717) is 6.61 Å². The normalized spacial score (nSPS) is 12.2. The average Bonchev–Trinajstić information content (AvgIpc) is 2.28. The molecule has 1 atom stereocenters. The van der Waals surface area contributed by atoms with Gasteiger partial charge in [0, 0.05) is 11.8 Å². The summed E-state index contributed by atoms with van der Waals surface area (Å²) in [5.41, 5.74) is 0.586. The summed E-state index contributed by atoms with van der Waals surface area (Å²) in [5, 5.41) is 0. The maximum Gasteiger partial charge on any atom is 0.328 e. The molecular formula is C13H19NO3. The number of rotatable bonds is 5. The van der Waals surface area contributed by atoms with Crippen LogP contribution in [0.15, 0.2) is 23.0 Å². The highest BCUT2D eigenvalue weighted by Crippen LogP contribution is 2.08. The summed E-state index contributed by atoms with van der Waals surface area (Å²) in [5.74, 6) is -0.352. The lowest BCUT2D eigenvalue weighted by atomic mass is 10.2. The van der Waals surface area contributed by atoms with Gasteiger partial charge in [-0.2, -0.15) is 0 Å². The van der Waals surface area contributed by atoms with E-state index in [0.717, 1.165) is 18.5 Å². The molecule has 0 fully saturated rings. The van der Waals surface area contributed by atoms with Crippen molar-refractivity contribution in [1.82, 2.24) is 4.57 Å². The molecule has 0 aliphatic carbocycles. The van der Waals surface area contributed by atoms with Crippen LogP contribution in [0.5, 0.6) is 0 Å². The van der Waals surface area contributed by atoms with Crippen LogP contribution in [-0.2, 0) is 9.53 Å². The molecule has 1 heterocycles. The van der Waals surface area contributed by atoms with Crippen LogP contribution >= 0.6 is 0 Å². The van der Waals surface area contributed by atoms with Crippen molar-refractivity contribution in [3.05, 3.63) is 34.2 Å². The molecule has 0 saturated carbocycles. The van der Waals surface area contributed by atoms with Crippen LogP contribution in [0.2, 0.25) is 0 Å². The smallest absolute Gasteiger partial charge is 0.328 e. The fourth-order valence-electron chi connectivity index (χ4n) is 1.64. The summed E-state index contributed by atoms with van der Waals surface area (Å²) < 4.78 is 6.56. The van der Waals surface area contributed by atoms with Crippen LogP contribution in [0.1, 0.15) is 38.4 Å². The molecule has 0 aliphatic heterocycles. The number of nitrogens with zero attached hydrogens (tertiary/aromatic N) is 1. The molecule has 0 aromatic carbocycles. The molecule has 1 rings (SSSR count).